The summed E-state index contributed by atoms with van der Waals surface area (Å²) in [4.78, 5) is 20.9. The molecule has 2 atom stereocenters. The lowest BCUT2D eigenvalue weighted by molar-refractivity contribution is -0.140. The normalized spacial score (nSPS) is 13.7. The van der Waals surface area contributed by atoms with Crippen molar-refractivity contribution in [1.29, 1.82) is 0 Å². The Kier molecular flexibility index (Phi) is 12.9. The summed E-state index contributed by atoms with van der Waals surface area (Å²) < 4.78 is 9.75. The molecule has 0 N–H and O–H groups in total. The predicted octanol–water partition coefficient (Wildman–Crippen LogP) is 2.93. The number of aldehydes is 1. The number of carbonyl (C=O) groups excluding carboxylic acids is 2. The minimum absolute atomic E-state index is 0.0472. The second-order valence-electron chi connectivity index (χ2n) is 3.79. The molecule has 0 aromatic carbocycles. The molecule has 5 heteroatoms. The van der Waals surface area contributed by atoms with E-state index in [1.807, 2.05) is 30.4 Å². The standard InChI is InChI=1S/C15H21O4P/c1-18-15(17)12-8-5-7-11-14(19-20)10-6-3-2-4-9-13-16/h2-7,9-10,13-14H,8,11-12,20H2,1H3. The molecule has 0 aliphatic heterocycles. The molecule has 0 spiro atoms. The van der Waals surface area contributed by atoms with Gasteiger partial charge in [0, 0.05) is 15.9 Å². The maximum absolute atomic E-state index is 10.9. The van der Waals surface area contributed by atoms with E-state index in [4.69, 9.17) is 4.52 Å². The van der Waals surface area contributed by atoms with Gasteiger partial charge in [0.1, 0.15) is 6.29 Å². The summed E-state index contributed by atoms with van der Waals surface area (Å²) in [7, 11) is 3.62. The molecule has 0 rings (SSSR count). The minimum Gasteiger partial charge on any atom is -0.469 e. The van der Waals surface area contributed by atoms with Gasteiger partial charge in [0.15, 0.2) is 0 Å². The van der Waals surface area contributed by atoms with Gasteiger partial charge < -0.3 is 9.26 Å². The second-order valence-corrected chi connectivity index (χ2v) is 4.06. The van der Waals surface area contributed by atoms with Gasteiger partial charge in [0.2, 0.25) is 0 Å². The van der Waals surface area contributed by atoms with E-state index in [-0.39, 0.29) is 12.1 Å². The van der Waals surface area contributed by atoms with Gasteiger partial charge in [-0.15, -0.1) is 0 Å². The van der Waals surface area contributed by atoms with E-state index >= 15 is 0 Å². The van der Waals surface area contributed by atoms with Crippen molar-refractivity contribution in [3.05, 3.63) is 48.6 Å². The average Bonchev–Trinajstić information content (AvgIpc) is 2.47. The molecule has 0 aromatic rings. The van der Waals surface area contributed by atoms with Gasteiger partial charge in [-0.2, -0.15) is 0 Å². The van der Waals surface area contributed by atoms with E-state index in [2.05, 4.69) is 14.2 Å². The number of esters is 1. The summed E-state index contributed by atoms with van der Waals surface area (Å²) in [6.45, 7) is 0. The van der Waals surface area contributed by atoms with E-state index < -0.39 is 0 Å². The highest BCUT2D eigenvalue weighted by Crippen LogP contribution is 2.07. The van der Waals surface area contributed by atoms with Crippen LogP contribution in [0.15, 0.2) is 48.6 Å². The average molecular weight is 296 g/mol. The lowest BCUT2D eigenvalue weighted by atomic mass is 10.2. The van der Waals surface area contributed by atoms with Gasteiger partial charge in [-0.25, -0.2) is 0 Å². The van der Waals surface area contributed by atoms with Crippen LogP contribution >= 0.6 is 9.47 Å². The maximum Gasteiger partial charge on any atom is 0.305 e. The molecule has 20 heavy (non-hydrogen) atoms. The molecule has 110 valence electrons. The number of hydrogen-bond donors (Lipinski definition) is 0. The summed E-state index contributed by atoms with van der Waals surface area (Å²) in [5.41, 5.74) is 0. The van der Waals surface area contributed by atoms with Gasteiger partial charge >= 0.3 is 5.97 Å². The highest BCUT2D eigenvalue weighted by molar-refractivity contribution is 7.09. The van der Waals surface area contributed by atoms with Crippen molar-refractivity contribution in [2.24, 2.45) is 0 Å². The van der Waals surface area contributed by atoms with Gasteiger partial charge in [0.05, 0.1) is 13.2 Å². The first-order chi connectivity index (χ1) is 9.74. The van der Waals surface area contributed by atoms with Crippen LogP contribution in [-0.4, -0.2) is 25.5 Å². The molecule has 0 amide bonds. The summed E-state index contributed by atoms with van der Waals surface area (Å²) in [5, 5.41) is 0. The van der Waals surface area contributed by atoms with Gasteiger partial charge in [0.25, 0.3) is 0 Å². The van der Waals surface area contributed by atoms with Crippen molar-refractivity contribution >= 4 is 21.7 Å². The first-order valence-corrected chi connectivity index (χ1v) is 6.74. The first-order valence-electron chi connectivity index (χ1n) is 6.27. The van der Waals surface area contributed by atoms with Crippen molar-refractivity contribution in [1.82, 2.24) is 0 Å². The molecule has 2 unspecified atom stereocenters. The Morgan fingerprint density at radius 2 is 1.85 bits per heavy atom. The van der Waals surface area contributed by atoms with E-state index in [1.165, 1.54) is 13.2 Å². The highest BCUT2D eigenvalue weighted by atomic mass is 31.0. The van der Waals surface area contributed by atoms with Gasteiger partial charge in [-0.3, -0.25) is 9.59 Å². The first kappa shape index (κ1) is 18.5. The summed E-state index contributed by atoms with van der Waals surface area (Å²) in [6, 6.07) is 0. The summed E-state index contributed by atoms with van der Waals surface area (Å²) in [5.74, 6) is -0.207. The van der Waals surface area contributed by atoms with E-state index in [9.17, 15) is 9.59 Å². The van der Waals surface area contributed by atoms with Crippen molar-refractivity contribution in [2.45, 2.75) is 25.4 Å². The van der Waals surface area contributed by atoms with E-state index in [1.54, 1.807) is 12.2 Å². The second kappa shape index (κ2) is 13.9. The Morgan fingerprint density at radius 3 is 2.50 bits per heavy atom. The van der Waals surface area contributed by atoms with Crippen molar-refractivity contribution in [3.8, 4) is 0 Å². The molecule has 0 aliphatic rings. The number of ether oxygens (including phenoxy) is 1. The van der Waals surface area contributed by atoms with Crippen LogP contribution in [-0.2, 0) is 18.8 Å². The summed E-state index contributed by atoms with van der Waals surface area (Å²) in [6.07, 6.45) is 16.8. The topological polar surface area (TPSA) is 52.6 Å². The Hall–Kier alpha value is -1.51. The molecule has 0 heterocycles. The molecular weight excluding hydrogens is 275 g/mol. The minimum atomic E-state index is -0.207. The quantitative estimate of drug-likeness (QED) is 0.155. The molecule has 4 nitrogen and oxygen atoms in total. The van der Waals surface area contributed by atoms with Crippen molar-refractivity contribution in [2.75, 3.05) is 7.11 Å². The fraction of sp³-hybridized carbons (Fsp3) is 0.333. The zero-order chi connectivity index (χ0) is 15.1. The van der Waals surface area contributed by atoms with Crippen LogP contribution in [0, 0.1) is 0 Å². The molecule has 0 aliphatic carbocycles. The third-order valence-electron chi connectivity index (χ3n) is 2.30. The van der Waals surface area contributed by atoms with Gasteiger partial charge in [-0.05, 0) is 18.9 Å². The molecular formula is C15H21O4P. The Morgan fingerprint density at radius 1 is 1.15 bits per heavy atom. The van der Waals surface area contributed by atoms with Crippen LogP contribution in [0.25, 0.3) is 0 Å². The third kappa shape index (κ3) is 11.6. The Bertz CT molecular complexity index is 383. The van der Waals surface area contributed by atoms with Crippen LogP contribution in [0.4, 0.5) is 0 Å². The van der Waals surface area contributed by atoms with Crippen LogP contribution in [0.3, 0.4) is 0 Å². The number of allylic oxidation sites excluding steroid dienone is 6. The van der Waals surface area contributed by atoms with Crippen LogP contribution in [0.5, 0.6) is 0 Å². The number of carbonyl (C=O) groups is 2. The highest BCUT2D eigenvalue weighted by Gasteiger charge is 1.99. The van der Waals surface area contributed by atoms with Crippen LogP contribution in [0.2, 0.25) is 0 Å². The zero-order valence-electron chi connectivity index (χ0n) is 11.6. The largest absolute Gasteiger partial charge is 0.469 e. The molecule has 0 bridgehead atoms. The molecule has 0 saturated carbocycles. The Labute approximate surface area is 122 Å². The zero-order valence-corrected chi connectivity index (χ0v) is 12.8. The fourth-order valence-corrected chi connectivity index (χ4v) is 1.46. The number of hydrogen-bond acceptors (Lipinski definition) is 4. The maximum atomic E-state index is 10.9. The van der Waals surface area contributed by atoms with E-state index in [0.717, 1.165) is 12.7 Å². The molecule has 0 radical (unpaired) electrons. The van der Waals surface area contributed by atoms with Gasteiger partial charge in [-0.1, -0.05) is 42.5 Å². The number of methoxy groups -OCH3 is 1. The number of rotatable bonds is 10. The van der Waals surface area contributed by atoms with Crippen LogP contribution < -0.4 is 0 Å². The fourth-order valence-electron chi connectivity index (χ4n) is 1.26. The summed E-state index contributed by atoms with van der Waals surface area (Å²) >= 11 is 0. The SMILES string of the molecule is COC(=O)CCC=CCC(C=CC=CC=CC=O)OP. The lowest BCUT2D eigenvalue weighted by Gasteiger charge is -2.06. The predicted molar refractivity (Wildman–Crippen MR) is 83.1 cm³/mol. The smallest absolute Gasteiger partial charge is 0.305 e. The van der Waals surface area contributed by atoms with Crippen molar-refractivity contribution < 1.29 is 18.8 Å². The monoisotopic (exact) mass is 296 g/mol. The lowest BCUT2D eigenvalue weighted by Crippen LogP contribution is -2.01. The Balaban J connectivity index is 3.96. The third-order valence-corrected chi connectivity index (χ3v) is 2.65. The molecule has 0 fully saturated rings. The van der Waals surface area contributed by atoms with Crippen molar-refractivity contribution in [3.63, 3.8) is 0 Å². The molecule has 0 saturated heterocycles. The molecule has 0 aromatic heterocycles. The van der Waals surface area contributed by atoms with Crippen LogP contribution in [0.1, 0.15) is 19.3 Å². The van der Waals surface area contributed by atoms with E-state index in [0.29, 0.717) is 12.8 Å².